The molecule has 0 unspecified atom stereocenters. The zero-order valence-electron chi connectivity index (χ0n) is 18.6. The van der Waals surface area contributed by atoms with E-state index in [1.54, 1.807) is 15.8 Å². The van der Waals surface area contributed by atoms with Gasteiger partial charge in [0.05, 0.1) is 25.1 Å². The van der Waals surface area contributed by atoms with E-state index in [4.69, 9.17) is 16.3 Å². The number of hydrogen-bond acceptors (Lipinski definition) is 5. The Morgan fingerprint density at radius 3 is 2.79 bits per heavy atom. The maximum atomic E-state index is 13.0. The summed E-state index contributed by atoms with van der Waals surface area (Å²) in [6.07, 6.45) is 4.32. The largest absolute Gasteiger partial charge is 0.374 e. The van der Waals surface area contributed by atoms with Crippen LogP contribution in [0.3, 0.4) is 0 Å². The van der Waals surface area contributed by atoms with E-state index >= 15 is 0 Å². The molecular weight excluding hydrogens is 454 g/mol. The predicted octanol–water partition coefficient (Wildman–Crippen LogP) is 2.30. The summed E-state index contributed by atoms with van der Waals surface area (Å²) in [6.45, 7) is 1.64. The Labute approximate surface area is 202 Å². The smallest absolute Gasteiger partial charge is 0.248 e. The van der Waals surface area contributed by atoms with Crippen LogP contribution in [0.15, 0.2) is 67.0 Å². The van der Waals surface area contributed by atoms with Gasteiger partial charge in [0.15, 0.2) is 0 Å². The standard InChI is InChI=1S/C25H26ClN5O3/c26-19-7-4-8-21(9-19)31-13-18(12-28-31)11-27-20-10-23-24(32)29-22(25(33)30(23)14-20)16-34-15-17-5-2-1-3-6-17/h1-9,12-13,20,22-23,27H,10-11,14-16H2,(H,29,32)/t20-,22-,23-/m0/s1. The van der Waals surface area contributed by atoms with Crippen molar-refractivity contribution in [3.8, 4) is 5.69 Å². The molecule has 9 heteroatoms. The summed E-state index contributed by atoms with van der Waals surface area (Å²) in [5.74, 6) is -0.207. The van der Waals surface area contributed by atoms with Crippen LogP contribution in [0.4, 0.5) is 0 Å². The summed E-state index contributed by atoms with van der Waals surface area (Å²) in [7, 11) is 0. The van der Waals surface area contributed by atoms with Gasteiger partial charge in [0.1, 0.15) is 12.1 Å². The maximum absolute atomic E-state index is 13.0. The number of carbonyl (C=O) groups excluding carboxylic acids is 2. The number of nitrogens with one attached hydrogen (secondary N) is 2. The van der Waals surface area contributed by atoms with Crippen LogP contribution in [0.5, 0.6) is 0 Å². The average Bonchev–Trinajstić information content (AvgIpc) is 3.49. The Bertz CT molecular complexity index is 1170. The lowest BCUT2D eigenvalue weighted by Gasteiger charge is -2.34. The summed E-state index contributed by atoms with van der Waals surface area (Å²) in [6, 6.07) is 16.2. The van der Waals surface area contributed by atoms with Gasteiger partial charge in [-0.1, -0.05) is 48.0 Å². The van der Waals surface area contributed by atoms with E-state index in [1.807, 2.05) is 60.8 Å². The highest BCUT2D eigenvalue weighted by atomic mass is 35.5. The van der Waals surface area contributed by atoms with Gasteiger partial charge in [-0.3, -0.25) is 9.59 Å². The van der Waals surface area contributed by atoms with Gasteiger partial charge >= 0.3 is 0 Å². The van der Waals surface area contributed by atoms with Crippen LogP contribution in [0, 0.1) is 0 Å². The fourth-order valence-corrected chi connectivity index (χ4v) is 4.65. The molecule has 2 aromatic carbocycles. The Hall–Kier alpha value is -3.20. The van der Waals surface area contributed by atoms with Crippen LogP contribution in [0.1, 0.15) is 17.5 Å². The maximum Gasteiger partial charge on any atom is 0.248 e. The molecule has 2 aliphatic rings. The van der Waals surface area contributed by atoms with E-state index in [1.165, 1.54) is 0 Å². The van der Waals surface area contributed by atoms with Gasteiger partial charge in [-0.05, 0) is 30.2 Å². The number of halogens is 1. The molecule has 0 bridgehead atoms. The van der Waals surface area contributed by atoms with Crippen molar-refractivity contribution in [3.05, 3.63) is 83.1 Å². The molecule has 2 fully saturated rings. The number of amides is 2. The molecule has 34 heavy (non-hydrogen) atoms. The molecule has 2 aliphatic heterocycles. The molecule has 176 valence electrons. The highest BCUT2D eigenvalue weighted by molar-refractivity contribution is 6.30. The topological polar surface area (TPSA) is 88.5 Å². The molecule has 2 N–H and O–H groups in total. The summed E-state index contributed by atoms with van der Waals surface area (Å²) < 4.78 is 7.48. The number of aromatic nitrogens is 2. The first-order chi connectivity index (χ1) is 16.6. The van der Waals surface area contributed by atoms with Crippen molar-refractivity contribution < 1.29 is 14.3 Å². The first-order valence-electron chi connectivity index (χ1n) is 11.3. The van der Waals surface area contributed by atoms with Crippen LogP contribution in [-0.4, -0.2) is 57.8 Å². The lowest BCUT2D eigenvalue weighted by atomic mass is 10.1. The second kappa shape index (κ2) is 9.97. The van der Waals surface area contributed by atoms with Crippen molar-refractivity contribution in [2.45, 2.75) is 37.7 Å². The summed E-state index contributed by atoms with van der Waals surface area (Å²) in [5.41, 5.74) is 2.92. The Kier molecular flexibility index (Phi) is 6.62. The summed E-state index contributed by atoms with van der Waals surface area (Å²) in [5, 5.41) is 11.4. The molecule has 2 amide bonds. The number of benzene rings is 2. The SMILES string of the molecule is O=C1N[C@@H](COCc2ccccc2)C(=O)N2C[C@@H](NCc3cnn(-c4cccc(Cl)c4)c3)C[C@@H]12. The van der Waals surface area contributed by atoms with Crippen molar-refractivity contribution in [2.75, 3.05) is 13.2 Å². The third-order valence-electron chi connectivity index (χ3n) is 6.20. The third kappa shape index (κ3) is 4.99. The molecule has 2 saturated heterocycles. The molecule has 1 aromatic heterocycles. The second-order valence-electron chi connectivity index (χ2n) is 8.65. The zero-order chi connectivity index (χ0) is 23.5. The fourth-order valence-electron chi connectivity index (χ4n) is 4.46. The number of hydrogen-bond donors (Lipinski definition) is 2. The zero-order valence-corrected chi connectivity index (χ0v) is 19.3. The van der Waals surface area contributed by atoms with Crippen molar-refractivity contribution >= 4 is 23.4 Å². The number of carbonyl (C=O) groups is 2. The van der Waals surface area contributed by atoms with Gasteiger partial charge in [0.2, 0.25) is 11.8 Å². The highest BCUT2D eigenvalue weighted by Crippen LogP contribution is 2.23. The molecule has 5 rings (SSSR count). The fraction of sp³-hybridized carbons (Fsp3) is 0.320. The molecular formula is C25H26ClN5O3. The number of piperazine rings is 1. The highest BCUT2D eigenvalue weighted by Gasteiger charge is 2.46. The van der Waals surface area contributed by atoms with Crippen LogP contribution >= 0.6 is 11.6 Å². The van der Waals surface area contributed by atoms with Crippen molar-refractivity contribution in [3.63, 3.8) is 0 Å². The lowest BCUT2D eigenvalue weighted by molar-refractivity contribution is -0.148. The monoisotopic (exact) mass is 479 g/mol. The Morgan fingerprint density at radius 1 is 1.12 bits per heavy atom. The van der Waals surface area contributed by atoms with Gasteiger partial charge < -0.3 is 20.3 Å². The first-order valence-corrected chi connectivity index (χ1v) is 11.7. The molecule has 0 saturated carbocycles. The third-order valence-corrected chi connectivity index (χ3v) is 6.44. The lowest BCUT2D eigenvalue weighted by Crippen LogP contribution is -2.62. The van der Waals surface area contributed by atoms with Gasteiger partial charge in [-0.2, -0.15) is 5.10 Å². The van der Waals surface area contributed by atoms with Gasteiger partial charge in [-0.15, -0.1) is 0 Å². The minimum Gasteiger partial charge on any atom is -0.374 e. The molecule has 8 nitrogen and oxygen atoms in total. The number of nitrogens with zero attached hydrogens (tertiary/aromatic N) is 3. The molecule has 3 aromatic rings. The van der Waals surface area contributed by atoms with E-state index < -0.39 is 12.1 Å². The number of ether oxygens (including phenoxy) is 1. The first kappa shape index (κ1) is 22.6. The quantitative estimate of drug-likeness (QED) is 0.517. The average molecular weight is 480 g/mol. The van der Waals surface area contributed by atoms with Crippen LogP contribution in [-0.2, 0) is 27.5 Å². The van der Waals surface area contributed by atoms with E-state index in [0.717, 1.165) is 16.8 Å². The minimum atomic E-state index is -0.651. The van der Waals surface area contributed by atoms with E-state index in [9.17, 15) is 9.59 Å². The van der Waals surface area contributed by atoms with Crippen molar-refractivity contribution in [1.29, 1.82) is 0 Å². The van der Waals surface area contributed by atoms with Crippen LogP contribution in [0.25, 0.3) is 5.69 Å². The predicted molar refractivity (Wildman–Crippen MR) is 127 cm³/mol. The van der Waals surface area contributed by atoms with Crippen LogP contribution in [0.2, 0.25) is 5.02 Å². The minimum absolute atomic E-state index is 0.0261. The normalized spacial score (nSPS) is 22.0. The molecule has 0 aliphatic carbocycles. The van der Waals surface area contributed by atoms with E-state index in [2.05, 4.69) is 15.7 Å². The van der Waals surface area contributed by atoms with Gasteiger partial charge in [0.25, 0.3) is 0 Å². The molecule has 3 heterocycles. The molecule has 0 spiro atoms. The Morgan fingerprint density at radius 2 is 1.97 bits per heavy atom. The van der Waals surface area contributed by atoms with Gasteiger partial charge in [-0.25, -0.2) is 4.68 Å². The number of fused-ring (bicyclic) bond motifs is 1. The summed E-state index contributed by atoms with van der Waals surface area (Å²) in [4.78, 5) is 27.3. The van der Waals surface area contributed by atoms with Crippen molar-refractivity contribution in [1.82, 2.24) is 25.3 Å². The van der Waals surface area contributed by atoms with Crippen molar-refractivity contribution in [2.24, 2.45) is 0 Å². The molecule has 3 atom stereocenters. The van der Waals surface area contributed by atoms with E-state index in [0.29, 0.717) is 31.1 Å². The summed E-state index contributed by atoms with van der Waals surface area (Å²) >= 11 is 6.07. The molecule has 0 radical (unpaired) electrons. The van der Waals surface area contributed by atoms with E-state index in [-0.39, 0.29) is 24.5 Å². The van der Waals surface area contributed by atoms with Crippen LogP contribution < -0.4 is 10.6 Å². The number of rotatable bonds is 8. The second-order valence-corrected chi connectivity index (χ2v) is 9.09. The Balaban J connectivity index is 1.14. The van der Waals surface area contributed by atoms with Gasteiger partial charge in [0, 0.05) is 35.9 Å².